The zero-order valence-electron chi connectivity index (χ0n) is 46.6. The summed E-state index contributed by atoms with van der Waals surface area (Å²) in [6, 6.07) is 0. The van der Waals surface area contributed by atoms with Gasteiger partial charge in [-0.05, 0) is 211 Å². The predicted molar refractivity (Wildman–Crippen MR) is 282 cm³/mol. The van der Waals surface area contributed by atoms with Crippen LogP contribution >= 0.6 is 0 Å². The second kappa shape index (κ2) is 20.0. The number of allylic oxidation sites excluding steroid dienone is 2. The monoisotopic (exact) mass is 1180 g/mol. The molecule has 8 aliphatic carbocycles. The van der Waals surface area contributed by atoms with Crippen LogP contribution in [-0.2, 0) is 67.8 Å². The lowest BCUT2D eigenvalue weighted by atomic mass is 9.47. The molecule has 2 heterocycles. The van der Waals surface area contributed by atoms with Gasteiger partial charge in [0.05, 0.1) is 47.8 Å². The number of rotatable bonds is 14. The van der Waals surface area contributed by atoms with Crippen LogP contribution in [0.4, 0.5) is 0 Å². The highest BCUT2D eigenvalue weighted by atomic mass is 32.3. The summed E-state index contributed by atoms with van der Waals surface area (Å²) in [5.41, 5.74) is 1.47. The van der Waals surface area contributed by atoms with E-state index in [0.717, 1.165) is 87.3 Å². The average molecular weight is 1180 g/mol. The van der Waals surface area contributed by atoms with E-state index in [-0.39, 0.29) is 103 Å². The molecule has 0 aromatic heterocycles. The Balaban J connectivity index is 0.884. The molecule has 0 amide bonds. The maximum absolute atomic E-state index is 12.4. The largest absolute Gasteiger partial charge is 0.397 e. The molecule has 7 fully saturated rings. The number of hydrogen-bond acceptors (Lipinski definition) is 16. The Morgan fingerprint density at radius 1 is 0.577 bits per heavy atom. The Labute approximate surface area is 462 Å². The lowest BCUT2D eigenvalue weighted by Gasteiger charge is -2.59. The first-order chi connectivity index (χ1) is 35.8. The van der Waals surface area contributed by atoms with Crippen molar-refractivity contribution in [2.45, 2.75) is 238 Å². The number of fused-ring (bicyclic) bond motifs is 10. The molecule has 10 aliphatic rings. The molecule has 0 aromatic carbocycles. The molecular formula is C54H86O20S4. The van der Waals surface area contributed by atoms with Crippen LogP contribution in [0.3, 0.4) is 0 Å². The lowest BCUT2D eigenvalue weighted by Crippen LogP contribution is -2.58. The van der Waals surface area contributed by atoms with Crippen LogP contribution in [0.5, 0.6) is 0 Å². The first kappa shape index (κ1) is 59.9. The number of ether oxygens (including phenoxy) is 2. The van der Waals surface area contributed by atoms with Crippen LogP contribution in [0.2, 0.25) is 0 Å². The van der Waals surface area contributed by atoms with Crippen molar-refractivity contribution in [3.05, 3.63) is 22.3 Å². The Morgan fingerprint density at radius 3 is 1.69 bits per heavy atom. The molecule has 2 bridgehead atoms. The van der Waals surface area contributed by atoms with Gasteiger partial charge >= 0.3 is 41.6 Å². The fourth-order valence-electron chi connectivity index (χ4n) is 20.2. The highest BCUT2D eigenvalue weighted by Gasteiger charge is 2.64. The molecule has 2 saturated heterocycles. The SMILES string of the molecule is CC(CCC1OC(C(C)C2CCC3C4=C(CCC32C)C2(C)CC(OS(=O)(=O)O)C(O)CC2C(OS(=O)(=O)O)C4)CC2CC1(C)OC2(C)C)C1CCC2=C3CC(OS(=O)(=O)O)C4CC(O)C(OS(=O)(=O)O)CC4(C)C3CCC21C. The Morgan fingerprint density at radius 2 is 1.10 bits per heavy atom. The summed E-state index contributed by atoms with van der Waals surface area (Å²) in [6.07, 6.45) is 2.77. The van der Waals surface area contributed by atoms with Gasteiger partial charge in [0.1, 0.15) is 12.2 Å². The summed E-state index contributed by atoms with van der Waals surface area (Å²) in [6.45, 7) is 19.8. The first-order valence-electron chi connectivity index (χ1n) is 28.6. The summed E-state index contributed by atoms with van der Waals surface area (Å²) in [4.78, 5) is 0. The lowest BCUT2D eigenvalue weighted by molar-refractivity contribution is -0.200. The van der Waals surface area contributed by atoms with E-state index in [0.29, 0.717) is 6.42 Å². The van der Waals surface area contributed by atoms with E-state index in [4.69, 9.17) is 26.2 Å². The molecule has 0 aromatic rings. The molecule has 10 rings (SSSR count). The molecular weight excluding hydrogens is 1100 g/mol. The molecule has 5 saturated carbocycles. The molecule has 0 spiro atoms. The van der Waals surface area contributed by atoms with Crippen molar-refractivity contribution in [2.75, 3.05) is 0 Å². The molecule has 6 N–H and O–H groups in total. The minimum atomic E-state index is -4.92. The van der Waals surface area contributed by atoms with Crippen molar-refractivity contribution in [1.29, 1.82) is 0 Å². The molecule has 22 unspecified atom stereocenters. The van der Waals surface area contributed by atoms with E-state index in [9.17, 15) is 62.1 Å². The molecule has 20 nitrogen and oxygen atoms in total. The predicted octanol–water partition coefficient (Wildman–Crippen LogP) is 8.13. The Kier molecular flexibility index (Phi) is 15.3. The highest BCUT2D eigenvalue weighted by Crippen LogP contribution is 2.69. The van der Waals surface area contributed by atoms with Gasteiger partial charge in [-0.2, -0.15) is 33.7 Å². The van der Waals surface area contributed by atoms with E-state index >= 15 is 0 Å². The molecule has 0 radical (unpaired) electrons. The van der Waals surface area contributed by atoms with Crippen molar-refractivity contribution >= 4 is 41.6 Å². The zero-order valence-corrected chi connectivity index (χ0v) is 49.8. The van der Waals surface area contributed by atoms with Gasteiger partial charge in [0.25, 0.3) is 0 Å². The summed E-state index contributed by atoms with van der Waals surface area (Å²) in [5, 5.41) is 22.1. The maximum atomic E-state index is 12.4. The quantitative estimate of drug-likeness (QED) is 0.0706. The Hall–Kier alpha value is -1.20. The minimum Gasteiger partial charge on any atom is -0.390 e. The molecule has 2 aliphatic heterocycles. The third-order valence-corrected chi connectivity index (χ3v) is 25.5. The van der Waals surface area contributed by atoms with Crippen LogP contribution in [0.15, 0.2) is 22.3 Å². The van der Waals surface area contributed by atoms with Crippen molar-refractivity contribution < 1.29 is 88.3 Å². The Bertz CT molecular complexity index is 2890. The van der Waals surface area contributed by atoms with Gasteiger partial charge in [-0.15, -0.1) is 0 Å². The van der Waals surface area contributed by atoms with Crippen LogP contribution in [0, 0.1) is 74.9 Å². The number of hydrogen-bond donors (Lipinski definition) is 6. The van der Waals surface area contributed by atoms with Crippen LogP contribution in [0.25, 0.3) is 0 Å². The molecule has 446 valence electrons. The average Bonchev–Trinajstić information content (AvgIpc) is 3.92. The van der Waals surface area contributed by atoms with Crippen molar-refractivity contribution in [2.24, 2.45) is 74.9 Å². The minimum absolute atomic E-state index is 0.00173. The topological polar surface area (TPSA) is 313 Å². The fraction of sp³-hybridized carbons (Fsp3) is 0.926. The summed E-state index contributed by atoms with van der Waals surface area (Å²) < 4.78 is 172. The third-order valence-electron chi connectivity index (χ3n) is 23.6. The molecule has 78 heavy (non-hydrogen) atoms. The second-order valence-electron chi connectivity index (χ2n) is 27.9. The van der Waals surface area contributed by atoms with Crippen LogP contribution in [-0.4, -0.2) is 122 Å². The summed E-state index contributed by atoms with van der Waals surface area (Å²) >= 11 is 0. The van der Waals surface area contributed by atoms with E-state index < -0.39 is 112 Å². The van der Waals surface area contributed by atoms with Crippen molar-refractivity contribution in [1.82, 2.24) is 0 Å². The van der Waals surface area contributed by atoms with Crippen LogP contribution < -0.4 is 0 Å². The number of aliphatic hydroxyl groups is 2. The highest BCUT2D eigenvalue weighted by molar-refractivity contribution is 7.81. The van der Waals surface area contributed by atoms with Gasteiger partial charge in [-0.3, -0.25) is 18.2 Å². The van der Waals surface area contributed by atoms with Crippen molar-refractivity contribution in [3.8, 4) is 0 Å². The van der Waals surface area contributed by atoms with Gasteiger partial charge in [0.2, 0.25) is 0 Å². The van der Waals surface area contributed by atoms with Gasteiger partial charge in [-0.25, -0.2) is 16.7 Å². The van der Waals surface area contributed by atoms with Gasteiger partial charge in [0, 0.05) is 0 Å². The summed E-state index contributed by atoms with van der Waals surface area (Å²) in [7, 11) is -19.6. The smallest absolute Gasteiger partial charge is 0.390 e. The van der Waals surface area contributed by atoms with E-state index in [1.807, 2.05) is 13.8 Å². The van der Waals surface area contributed by atoms with Gasteiger partial charge in [-0.1, -0.05) is 63.8 Å². The molecule has 22 atom stereocenters. The first-order valence-corrected chi connectivity index (χ1v) is 34.0. The van der Waals surface area contributed by atoms with Crippen LogP contribution in [0.1, 0.15) is 178 Å². The fourth-order valence-corrected chi connectivity index (χ4v) is 22.2. The summed E-state index contributed by atoms with van der Waals surface area (Å²) in [5.74, 6) is -0.0691. The van der Waals surface area contributed by atoms with Crippen molar-refractivity contribution in [3.63, 3.8) is 0 Å². The normalized spacial score (nSPS) is 47.2. The zero-order chi connectivity index (χ0) is 57.1. The van der Waals surface area contributed by atoms with Gasteiger partial charge in [0.15, 0.2) is 0 Å². The number of aliphatic hydroxyl groups excluding tert-OH is 2. The molecule has 24 heteroatoms. The maximum Gasteiger partial charge on any atom is 0.397 e. The van der Waals surface area contributed by atoms with E-state index in [1.54, 1.807) is 0 Å². The van der Waals surface area contributed by atoms with E-state index in [2.05, 4.69) is 48.5 Å². The standard InChI is InChI=1S/C54H86O20S4/c1-28(33-11-13-35-31-21-44(70-75(57,58)59)39-23-41(55)46(72-77(63,64)65)26-52(39,7)37(31)16-18-50(33,35)5)10-15-48-54(9)25-30(49(3,4)74-54)20-43(69-48)29(2)34-12-14-36-32-22-45(71-76(60,61)62)40-24-42(56)47(73-78(66,67)68)27-53(40,8)38(32)17-19-51(34,36)6/h28-30,33-34,36-37,39-48,55-56H,10-27H2,1-9H3,(H,57,58,59)(H,60,61,62)(H,63,64,65)(H,66,67,68). The second-order valence-corrected chi connectivity index (χ2v) is 32.1. The third kappa shape index (κ3) is 10.7. The van der Waals surface area contributed by atoms with E-state index in [1.165, 1.54) is 5.57 Å². The van der Waals surface area contributed by atoms with Gasteiger partial charge < -0.3 is 19.7 Å².